The number of furan rings is 1. The molecule has 1 N–H and O–H groups in total. The van der Waals surface area contributed by atoms with Crippen LogP contribution in [0.2, 0.25) is 0 Å². The van der Waals surface area contributed by atoms with Crippen LogP contribution in [-0.2, 0) is 11.3 Å². The Morgan fingerprint density at radius 1 is 1.23 bits per heavy atom. The molecule has 0 spiro atoms. The van der Waals surface area contributed by atoms with E-state index in [0.29, 0.717) is 50.9 Å². The number of amides is 2. The number of aromatic nitrogens is 2. The number of hydrogen-bond donors (Lipinski definition) is 1. The Hall–Kier alpha value is -3.10. The standard InChI is InChI=1S/C17H21N5O4/c1-2-25-17(24)22-7-5-21(6-8-22)15-12-18-14(11-19-15)16(23)20-10-13-4-3-9-26-13/h3-4,9,11-12H,2,5-8,10H2,1H3,(H,20,23). The molecular weight excluding hydrogens is 338 g/mol. The van der Waals surface area contributed by atoms with E-state index in [1.54, 1.807) is 36.4 Å². The van der Waals surface area contributed by atoms with Gasteiger partial charge in [-0.15, -0.1) is 0 Å². The van der Waals surface area contributed by atoms with Gasteiger partial charge < -0.3 is 24.3 Å². The van der Waals surface area contributed by atoms with Crippen LogP contribution >= 0.6 is 0 Å². The Morgan fingerprint density at radius 2 is 2.04 bits per heavy atom. The van der Waals surface area contributed by atoms with Gasteiger partial charge in [0.2, 0.25) is 0 Å². The van der Waals surface area contributed by atoms with Crippen molar-refractivity contribution in [3.63, 3.8) is 0 Å². The first kappa shape index (κ1) is 17.7. The summed E-state index contributed by atoms with van der Waals surface area (Å²) in [4.78, 5) is 36.0. The first-order valence-electron chi connectivity index (χ1n) is 8.46. The molecule has 1 aliphatic rings. The second-order valence-electron chi connectivity index (χ2n) is 5.69. The monoisotopic (exact) mass is 359 g/mol. The molecule has 0 saturated carbocycles. The average Bonchev–Trinajstić information content (AvgIpc) is 3.20. The summed E-state index contributed by atoms with van der Waals surface area (Å²) < 4.78 is 10.2. The number of rotatable bonds is 5. The molecule has 1 fully saturated rings. The molecule has 3 rings (SSSR count). The minimum Gasteiger partial charge on any atom is -0.467 e. The number of nitrogens with one attached hydrogen (secondary N) is 1. The minimum absolute atomic E-state index is 0.241. The van der Waals surface area contributed by atoms with Gasteiger partial charge in [0, 0.05) is 26.2 Å². The van der Waals surface area contributed by atoms with Gasteiger partial charge in [-0.2, -0.15) is 0 Å². The Labute approximate surface area is 151 Å². The van der Waals surface area contributed by atoms with E-state index >= 15 is 0 Å². The van der Waals surface area contributed by atoms with Gasteiger partial charge in [0.1, 0.15) is 17.3 Å². The van der Waals surface area contributed by atoms with Crippen molar-refractivity contribution >= 4 is 17.8 Å². The Balaban J connectivity index is 1.51. The summed E-state index contributed by atoms with van der Waals surface area (Å²) in [5.74, 6) is 1.03. The van der Waals surface area contributed by atoms with E-state index in [9.17, 15) is 9.59 Å². The van der Waals surface area contributed by atoms with Crippen LogP contribution in [-0.4, -0.2) is 59.7 Å². The van der Waals surface area contributed by atoms with Gasteiger partial charge in [0.25, 0.3) is 5.91 Å². The highest BCUT2D eigenvalue weighted by Crippen LogP contribution is 2.13. The van der Waals surface area contributed by atoms with Gasteiger partial charge in [-0.05, 0) is 19.1 Å². The highest BCUT2D eigenvalue weighted by molar-refractivity contribution is 5.91. The van der Waals surface area contributed by atoms with Crippen LogP contribution in [0.1, 0.15) is 23.2 Å². The van der Waals surface area contributed by atoms with E-state index in [4.69, 9.17) is 9.15 Å². The van der Waals surface area contributed by atoms with E-state index in [-0.39, 0.29) is 17.7 Å². The van der Waals surface area contributed by atoms with Crippen molar-refractivity contribution in [2.75, 3.05) is 37.7 Å². The van der Waals surface area contributed by atoms with E-state index < -0.39 is 0 Å². The van der Waals surface area contributed by atoms with Crippen LogP contribution in [0, 0.1) is 0 Å². The number of ether oxygens (including phenoxy) is 1. The van der Waals surface area contributed by atoms with Crippen molar-refractivity contribution in [1.82, 2.24) is 20.2 Å². The molecule has 0 radical (unpaired) electrons. The molecule has 0 bridgehead atoms. The van der Waals surface area contributed by atoms with Crippen LogP contribution < -0.4 is 10.2 Å². The van der Waals surface area contributed by atoms with Crippen molar-refractivity contribution in [2.24, 2.45) is 0 Å². The summed E-state index contributed by atoms with van der Waals surface area (Å²) in [6.45, 7) is 4.85. The predicted molar refractivity (Wildman–Crippen MR) is 92.7 cm³/mol. The van der Waals surface area contributed by atoms with E-state index in [0.717, 1.165) is 0 Å². The molecule has 9 nitrogen and oxygen atoms in total. The molecule has 2 aromatic heterocycles. The van der Waals surface area contributed by atoms with Crippen molar-refractivity contribution in [2.45, 2.75) is 13.5 Å². The van der Waals surface area contributed by atoms with E-state index in [2.05, 4.69) is 15.3 Å². The van der Waals surface area contributed by atoms with Crippen LogP contribution in [0.5, 0.6) is 0 Å². The normalized spacial score (nSPS) is 14.2. The topological polar surface area (TPSA) is 101 Å². The van der Waals surface area contributed by atoms with Crippen molar-refractivity contribution in [1.29, 1.82) is 0 Å². The molecule has 2 aromatic rings. The largest absolute Gasteiger partial charge is 0.467 e. The fraction of sp³-hybridized carbons (Fsp3) is 0.412. The quantitative estimate of drug-likeness (QED) is 0.858. The predicted octanol–water partition coefficient (Wildman–Crippen LogP) is 1.28. The molecule has 138 valence electrons. The summed E-state index contributed by atoms with van der Waals surface area (Å²) in [5, 5.41) is 2.72. The number of piperazine rings is 1. The van der Waals surface area contributed by atoms with Gasteiger partial charge in [-0.25, -0.2) is 14.8 Å². The number of nitrogens with zero attached hydrogens (tertiary/aromatic N) is 4. The highest BCUT2D eigenvalue weighted by atomic mass is 16.6. The molecule has 1 aliphatic heterocycles. The summed E-state index contributed by atoms with van der Waals surface area (Å²) in [6.07, 6.45) is 4.28. The molecule has 2 amide bonds. The molecule has 26 heavy (non-hydrogen) atoms. The van der Waals surface area contributed by atoms with Gasteiger partial charge in [-0.1, -0.05) is 0 Å². The SMILES string of the molecule is CCOC(=O)N1CCN(c2cnc(C(=O)NCc3ccco3)cn2)CC1. The summed E-state index contributed by atoms with van der Waals surface area (Å²) in [7, 11) is 0. The Morgan fingerprint density at radius 3 is 2.65 bits per heavy atom. The third-order valence-electron chi connectivity index (χ3n) is 4.00. The van der Waals surface area contributed by atoms with Crippen LogP contribution in [0.4, 0.5) is 10.6 Å². The summed E-state index contributed by atoms with van der Waals surface area (Å²) in [5.41, 5.74) is 0.241. The molecular formula is C17H21N5O4. The maximum atomic E-state index is 12.1. The molecule has 9 heteroatoms. The van der Waals surface area contributed by atoms with Gasteiger partial charge >= 0.3 is 6.09 Å². The van der Waals surface area contributed by atoms with Crippen molar-refractivity contribution in [3.05, 3.63) is 42.2 Å². The fourth-order valence-electron chi connectivity index (χ4n) is 2.61. The van der Waals surface area contributed by atoms with Gasteiger partial charge in [0.15, 0.2) is 0 Å². The maximum absolute atomic E-state index is 12.1. The summed E-state index contributed by atoms with van der Waals surface area (Å²) in [6, 6.07) is 3.54. The van der Waals surface area contributed by atoms with Crippen molar-refractivity contribution < 1.29 is 18.7 Å². The lowest BCUT2D eigenvalue weighted by atomic mass is 10.3. The zero-order valence-corrected chi connectivity index (χ0v) is 14.6. The molecule has 0 aliphatic carbocycles. The number of hydrogen-bond acceptors (Lipinski definition) is 7. The minimum atomic E-state index is -0.312. The average molecular weight is 359 g/mol. The Kier molecular flexibility index (Phi) is 5.67. The number of carbonyl (C=O) groups is 2. The first-order chi connectivity index (χ1) is 12.7. The lowest BCUT2D eigenvalue weighted by Crippen LogP contribution is -2.49. The first-order valence-corrected chi connectivity index (χ1v) is 8.46. The molecule has 0 atom stereocenters. The van der Waals surface area contributed by atoms with E-state index in [1.165, 1.54) is 6.20 Å². The van der Waals surface area contributed by atoms with Crippen LogP contribution in [0.3, 0.4) is 0 Å². The van der Waals surface area contributed by atoms with Gasteiger partial charge in [-0.3, -0.25) is 4.79 Å². The smallest absolute Gasteiger partial charge is 0.409 e. The lowest BCUT2D eigenvalue weighted by Gasteiger charge is -2.34. The van der Waals surface area contributed by atoms with Crippen LogP contribution in [0.15, 0.2) is 35.2 Å². The molecule has 1 saturated heterocycles. The van der Waals surface area contributed by atoms with Crippen molar-refractivity contribution in [3.8, 4) is 0 Å². The van der Waals surface area contributed by atoms with E-state index in [1.807, 2.05) is 4.90 Å². The molecule has 3 heterocycles. The summed E-state index contributed by atoms with van der Waals surface area (Å²) >= 11 is 0. The Bertz CT molecular complexity index is 724. The second kappa shape index (κ2) is 8.32. The number of anilines is 1. The zero-order valence-electron chi connectivity index (χ0n) is 14.6. The molecule has 0 aromatic carbocycles. The maximum Gasteiger partial charge on any atom is 0.409 e. The number of carbonyl (C=O) groups excluding carboxylic acids is 2. The third kappa shape index (κ3) is 4.29. The van der Waals surface area contributed by atoms with Gasteiger partial charge in [0.05, 0.1) is 31.8 Å². The lowest BCUT2D eigenvalue weighted by molar-refractivity contribution is 0.0941. The fourth-order valence-corrected chi connectivity index (χ4v) is 2.61. The zero-order chi connectivity index (χ0) is 18.4. The highest BCUT2D eigenvalue weighted by Gasteiger charge is 2.23. The second-order valence-corrected chi connectivity index (χ2v) is 5.69. The molecule has 0 unspecified atom stereocenters. The van der Waals surface area contributed by atoms with Crippen LogP contribution in [0.25, 0.3) is 0 Å². The third-order valence-corrected chi connectivity index (χ3v) is 4.00.